The van der Waals surface area contributed by atoms with E-state index in [-0.39, 0.29) is 18.0 Å². The van der Waals surface area contributed by atoms with Gasteiger partial charge >= 0.3 is 0 Å². The van der Waals surface area contributed by atoms with Gasteiger partial charge in [0.15, 0.2) is 0 Å². The molecule has 24 heavy (non-hydrogen) atoms. The summed E-state index contributed by atoms with van der Waals surface area (Å²) < 4.78 is 0. The van der Waals surface area contributed by atoms with Crippen molar-refractivity contribution in [1.82, 2.24) is 15.3 Å². The summed E-state index contributed by atoms with van der Waals surface area (Å²) in [7, 11) is 0. The Morgan fingerprint density at radius 1 is 1.38 bits per heavy atom. The average molecular weight is 366 g/mol. The normalized spacial score (nSPS) is 15.1. The van der Waals surface area contributed by atoms with Crippen LogP contribution in [0.15, 0.2) is 29.2 Å². The number of carbonyl (C=O) groups excluding carboxylic acids is 1. The number of amides is 1. The third-order valence-electron chi connectivity index (χ3n) is 4.19. The molecule has 0 spiro atoms. The number of nitrogens with zero attached hydrogens (tertiary/aromatic N) is 1. The molecule has 2 aromatic rings. The Labute approximate surface area is 149 Å². The predicted molar refractivity (Wildman–Crippen MR) is 93.8 cm³/mol. The molecule has 1 aromatic heterocycles. The summed E-state index contributed by atoms with van der Waals surface area (Å²) in [4.78, 5) is 31.2. The lowest BCUT2D eigenvalue weighted by Gasteiger charge is -2.12. The van der Waals surface area contributed by atoms with E-state index in [0.717, 1.165) is 12.8 Å². The minimum Gasteiger partial charge on any atom is -0.349 e. The van der Waals surface area contributed by atoms with Crippen LogP contribution in [0.5, 0.6) is 0 Å². The van der Waals surface area contributed by atoms with E-state index < -0.39 is 11.5 Å². The van der Waals surface area contributed by atoms with Crippen LogP contribution in [0.3, 0.4) is 0 Å². The molecule has 1 atom stereocenters. The van der Waals surface area contributed by atoms with Crippen molar-refractivity contribution in [2.45, 2.75) is 32.2 Å². The summed E-state index contributed by atoms with van der Waals surface area (Å²) in [6.45, 7) is 1.95. The van der Waals surface area contributed by atoms with Crippen molar-refractivity contribution >= 4 is 29.1 Å². The number of halogens is 2. The number of aromatic nitrogens is 2. The molecule has 0 aliphatic heterocycles. The minimum atomic E-state index is -0.469. The molecule has 5 nitrogen and oxygen atoms in total. The minimum absolute atomic E-state index is 0.0107. The Morgan fingerprint density at radius 2 is 2.04 bits per heavy atom. The Morgan fingerprint density at radius 3 is 2.62 bits per heavy atom. The fourth-order valence-electron chi connectivity index (χ4n) is 2.55. The lowest BCUT2D eigenvalue weighted by Crippen LogP contribution is -2.37. The third kappa shape index (κ3) is 3.79. The van der Waals surface area contributed by atoms with Crippen LogP contribution in [0, 0.1) is 5.92 Å². The molecule has 2 N–H and O–H groups in total. The second-order valence-corrected chi connectivity index (χ2v) is 6.86. The Kier molecular flexibility index (Phi) is 4.92. The summed E-state index contributed by atoms with van der Waals surface area (Å²) in [5, 5.41) is 3.85. The topological polar surface area (TPSA) is 74.8 Å². The number of H-pyrrole nitrogens is 1. The van der Waals surface area contributed by atoms with Gasteiger partial charge in [-0.3, -0.25) is 9.59 Å². The lowest BCUT2D eigenvalue weighted by atomic mass is 10.1. The lowest BCUT2D eigenvalue weighted by molar-refractivity contribution is 0.0934. The molecule has 0 radical (unpaired) electrons. The van der Waals surface area contributed by atoms with Crippen molar-refractivity contribution in [3.63, 3.8) is 0 Å². The summed E-state index contributed by atoms with van der Waals surface area (Å²) in [5.41, 5.74) is 0.226. The molecule has 126 valence electrons. The highest BCUT2D eigenvalue weighted by molar-refractivity contribution is 6.36. The van der Waals surface area contributed by atoms with Gasteiger partial charge in [-0.05, 0) is 43.4 Å². The van der Waals surface area contributed by atoms with E-state index in [9.17, 15) is 9.59 Å². The molecule has 0 bridgehead atoms. The summed E-state index contributed by atoms with van der Waals surface area (Å²) in [6.07, 6.45) is 3.82. The molecule has 7 heteroatoms. The molecule has 1 amide bonds. The monoisotopic (exact) mass is 365 g/mol. The van der Waals surface area contributed by atoms with Gasteiger partial charge < -0.3 is 10.3 Å². The molecule has 1 aromatic carbocycles. The highest BCUT2D eigenvalue weighted by Crippen LogP contribution is 2.32. The van der Waals surface area contributed by atoms with Crippen molar-refractivity contribution < 1.29 is 4.79 Å². The van der Waals surface area contributed by atoms with Crippen molar-refractivity contribution in [3.8, 4) is 0 Å². The number of hydrogen-bond acceptors (Lipinski definition) is 3. The zero-order valence-corrected chi connectivity index (χ0v) is 14.6. The van der Waals surface area contributed by atoms with Crippen LogP contribution in [0.2, 0.25) is 10.0 Å². The highest BCUT2D eigenvalue weighted by Gasteiger charge is 2.29. The molecular formula is C17H17Cl2N3O2. The molecule has 1 saturated carbocycles. The fraction of sp³-hybridized carbons (Fsp3) is 0.353. The molecular weight excluding hydrogens is 349 g/mol. The Balaban J connectivity index is 1.77. The van der Waals surface area contributed by atoms with E-state index in [1.165, 1.54) is 6.20 Å². The molecule has 1 aliphatic carbocycles. The van der Waals surface area contributed by atoms with Gasteiger partial charge in [0, 0.05) is 28.7 Å². The quantitative estimate of drug-likeness (QED) is 0.854. The fourth-order valence-corrected chi connectivity index (χ4v) is 3.08. The summed E-state index contributed by atoms with van der Waals surface area (Å²) in [6, 6.07) is 5.27. The van der Waals surface area contributed by atoms with Gasteiger partial charge in [0.1, 0.15) is 11.4 Å². The zero-order chi connectivity index (χ0) is 17.3. The molecule has 1 heterocycles. The summed E-state index contributed by atoms with van der Waals surface area (Å²) in [5.74, 6) is 0.523. The van der Waals surface area contributed by atoms with Crippen LogP contribution in [-0.2, 0) is 6.42 Å². The van der Waals surface area contributed by atoms with Gasteiger partial charge in [-0.1, -0.05) is 29.3 Å². The molecule has 1 fully saturated rings. The smallest absolute Gasteiger partial charge is 0.263 e. The Bertz CT molecular complexity index is 811. The second-order valence-electron chi connectivity index (χ2n) is 6.05. The van der Waals surface area contributed by atoms with Crippen LogP contribution in [0.25, 0.3) is 0 Å². The number of aromatic amines is 1. The molecule has 0 unspecified atom stereocenters. The SMILES string of the molecule is C[C@@H](NC(=O)c1cnc(Cc2c(Cl)cccc2Cl)[nH]c1=O)C1CC1. The summed E-state index contributed by atoms with van der Waals surface area (Å²) >= 11 is 12.3. The van der Waals surface area contributed by atoms with Gasteiger partial charge in [-0.25, -0.2) is 4.98 Å². The average Bonchev–Trinajstić information content (AvgIpc) is 3.36. The number of rotatable bonds is 5. The Hall–Kier alpha value is -1.85. The first-order valence-electron chi connectivity index (χ1n) is 7.77. The first kappa shape index (κ1) is 17.0. The maximum atomic E-state index is 12.2. The van der Waals surface area contributed by atoms with Gasteiger partial charge in [0.2, 0.25) is 0 Å². The van der Waals surface area contributed by atoms with E-state index in [2.05, 4.69) is 15.3 Å². The van der Waals surface area contributed by atoms with E-state index >= 15 is 0 Å². The molecule has 0 saturated heterocycles. The van der Waals surface area contributed by atoms with Crippen LogP contribution in [0.4, 0.5) is 0 Å². The van der Waals surface area contributed by atoms with E-state index in [1.807, 2.05) is 6.92 Å². The van der Waals surface area contributed by atoms with Gasteiger partial charge in [-0.15, -0.1) is 0 Å². The predicted octanol–water partition coefficient (Wildman–Crippen LogP) is 3.20. The van der Waals surface area contributed by atoms with Crippen LogP contribution in [-0.4, -0.2) is 21.9 Å². The van der Waals surface area contributed by atoms with Gasteiger partial charge in [0.25, 0.3) is 11.5 Å². The van der Waals surface area contributed by atoms with Crippen molar-refractivity contribution in [3.05, 3.63) is 61.7 Å². The van der Waals surface area contributed by atoms with Crippen molar-refractivity contribution in [2.75, 3.05) is 0 Å². The number of benzene rings is 1. The first-order chi connectivity index (χ1) is 11.5. The van der Waals surface area contributed by atoms with E-state index in [4.69, 9.17) is 23.2 Å². The van der Waals surface area contributed by atoms with Gasteiger partial charge in [-0.2, -0.15) is 0 Å². The van der Waals surface area contributed by atoms with E-state index in [1.54, 1.807) is 18.2 Å². The second kappa shape index (κ2) is 6.95. The molecule has 3 rings (SSSR count). The highest BCUT2D eigenvalue weighted by atomic mass is 35.5. The largest absolute Gasteiger partial charge is 0.349 e. The van der Waals surface area contributed by atoms with Crippen molar-refractivity contribution in [1.29, 1.82) is 0 Å². The van der Waals surface area contributed by atoms with Crippen LogP contribution < -0.4 is 10.9 Å². The molecule has 1 aliphatic rings. The van der Waals surface area contributed by atoms with E-state index in [0.29, 0.717) is 27.4 Å². The number of hydrogen-bond donors (Lipinski definition) is 2. The zero-order valence-electron chi connectivity index (χ0n) is 13.1. The maximum Gasteiger partial charge on any atom is 0.263 e. The van der Waals surface area contributed by atoms with Gasteiger partial charge in [0.05, 0.1) is 0 Å². The van der Waals surface area contributed by atoms with Crippen LogP contribution >= 0.6 is 23.2 Å². The first-order valence-corrected chi connectivity index (χ1v) is 8.53. The standard InChI is InChI=1S/C17H17Cl2N3O2/c1-9(10-5-6-10)21-16(23)12-8-20-15(22-17(12)24)7-11-13(18)3-2-4-14(11)19/h2-4,8-10H,5-7H2,1H3,(H,21,23)(H,20,22,24)/t9-/m1/s1. The number of carbonyl (C=O) groups is 1. The maximum absolute atomic E-state index is 12.2. The number of nitrogens with one attached hydrogen (secondary N) is 2. The van der Waals surface area contributed by atoms with Crippen molar-refractivity contribution in [2.24, 2.45) is 5.92 Å². The third-order valence-corrected chi connectivity index (χ3v) is 4.90. The van der Waals surface area contributed by atoms with Crippen LogP contribution in [0.1, 0.15) is 41.5 Å².